The van der Waals surface area contributed by atoms with Crippen LogP contribution in [0.3, 0.4) is 0 Å². The maximum atomic E-state index is 13.2. The summed E-state index contributed by atoms with van der Waals surface area (Å²) >= 11 is 0. The van der Waals surface area contributed by atoms with E-state index in [2.05, 4.69) is 68.4 Å². The molecule has 2 unspecified atom stereocenters. The van der Waals surface area contributed by atoms with Gasteiger partial charge in [0.1, 0.15) is 11.4 Å². The molecule has 0 spiro atoms. The van der Waals surface area contributed by atoms with Crippen LogP contribution in [-0.4, -0.2) is 32.1 Å². The van der Waals surface area contributed by atoms with Crippen LogP contribution in [0.1, 0.15) is 24.5 Å². The van der Waals surface area contributed by atoms with Gasteiger partial charge in [-0.1, -0.05) is 54.6 Å². The third-order valence-corrected chi connectivity index (χ3v) is 6.41. The molecule has 4 heteroatoms. The van der Waals surface area contributed by atoms with E-state index in [0.29, 0.717) is 6.04 Å². The number of aryl methyl sites for hydroxylation is 1. The summed E-state index contributed by atoms with van der Waals surface area (Å²) in [6.07, 6.45) is 2.13. The van der Waals surface area contributed by atoms with Crippen LogP contribution in [0, 0.1) is 5.82 Å². The van der Waals surface area contributed by atoms with Crippen LogP contribution < -0.4 is 0 Å². The van der Waals surface area contributed by atoms with Crippen LogP contribution in [0.2, 0.25) is 0 Å². The van der Waals surface area contributed by atoms with E-state index in [1.807, 2.05) is 19.2 Å². The minimum Gasteiger partial charge on any atom is -0.372 e. The van der Waals surface area contributed by atoms with Crippen molar-refractivity contribution in [1.29, 1.82) is 0 Å². The lowest BCUT2D eigenvalue weighted by molar-refractivity contribution is -0.0686. The second kappa shape index (κ2) is 8.89. The maximum absolute atomic E-state index is 13.2. The molecule has 3 aromatic rings. The summed E-state index contributed by atoms with van der Waals surface area (Å²) in [5.41, 5.74) is 6.87. The minimum atomic E-state index is -0.304. The van der Waals surface area contributed by atoms with E-state index in [-0.39, 0.29) is 23.8 Å². The van der Waals surface area contributed by atoms with Crippen LogP contribution in [-0.2, 0) is 16.8 Å². The molecule has 0 bridgehead atoms. The minimum absolute atomic E-state index is 0. The molecule has 0 aliphatic heterocycles. The summed E-state index contributed by atoms with van der Waals surface area (Å²) in [6.45, 7) is 2.20. The number of fused-ring (bicyclic) bond motifs is 1. The largest absolute Gasteiger partial charge is 0.372 e. The summed E-state index contributed by atoms with van der Waals surface area (Å²) in [5.74, 6) is -0.209. The lowest BCUT2D eigenvalue weighted by Gasteiger charge is -2.45. The SMILES string of the molecule is COC1(C)c2ccc(-c3ccc(-c4ccc(F)cc4)cc3)cc2CCC1N(C)C.Cl. The van der Waals surface area contributed by atoms with Crippen molar-refractivity contribution in [1.82, 2.24) is 4.90 Å². The molecule has 2 atom stereocenters. The standard InChI is InChI=1S/C26H28FNO.ClH/c1-26(29-4)24-15-11-21(17-22(24)12-16-25(26)28(2)3)20-7-5-18(6-8-20)19-9-13-23(27)14-10-19;/h5-11,13-15,17,25H,12,16H2,1-4H3;1H. The second-order valence-electron chi connectivity index (χ2n) is 8.29. The zero-order valence-corrected chi connectivity index (χ0v) is 18.8. The second-order valence-corrected chi connectivity index (χ2v) is 8.29. The van der Waals surface area contributed by atoms with Crippen LogP contribution in [0.5, 0.6) is 0 Å². The van der Waals surface area contributed by atoms with Crippen molar-refractivity contribution in [2.45, 2.75) is 31.4 Å². The fourth-order valence-electron chi connectivity index (χ4n) is 4.71. The smallest absolute Gasteiger partial charge is 0.123 e. The first-order valence-corrected chi connectivity index (χ1v) is 10.1. The molecule has 0 radical (unpaired) electrons. The van der Waals surface area contributed by atoms with Gasteiger partial charge in [-0.3, -0.25) is 0 Å². The Labute approximate surface area is 185 Å². The van der Waals surface area contributed by atoms with Gasteiger partial charge in [-0.05, 0) is 79.4 Å². The van der Waals surface area contributed by atoms with E-state index in [4.69, 9.17) is 4.74 Å². The van der Waals surface area contributed by atoms with Crippen LogP contribution >= 0.6 is 12.4 Å². The third kappa shape index (κ3) is 4.02. The van der Waals surface area contributed by atoms with E-state index in [0.717, 1.165) is 24.0 Å². The van der Waals surface area contributed by atoms with E-state index in [9.17, 15) is 4.39 Å². The van der Waals surface area contributed by atoms with Crippen molar-refractivity contribution in [3.63, 3.8) is 0 Å². The third-order valence-electron chi connectivity index (χ3n) is 6.41. The van der Waals surface area contributed by atoms with E-state index in [1.54, 1.807) is 0 Å². The molecular weight excluding hydrogens is 397 g/mol. The number of hydrogen-bond acceptors (Lipinski definition) is 2. The zero-order chi connectivity index (χ0) is 20.6. The van der Waals surface area contributed by atoms with Gasteiger partial charge in [0.15, 0.2) is 0 Å². The molecule has 0 saturated carbocycles. The molecule has 2 nitrogen and oxygen atoms in total. The molecule has 0 fully saturated rings. The fourth-order valence-corrected chi connectivity index (χ4v) is 4.71. The van der Waals surface area contributed by atoms with Gasteiger partial charge in [-0.15, -0.1) is 12.4 Å². The summed E-state index contributed by atoms with van der Waals surface area (Å²) < 4.78 is 19.2. The highest BCUT2D eigenvalue weighted by Gasteiger charge is 2.41. The first kappa shape index (κ1) is 22.5. The first-order chi connectivity index (χ1) is 13.9. The number of nitrogens with zero attached hydrogens (tertiary/aromatic N) is 1. The summed E-state index contributed by atoms with van der Waals surface area (Å²) in [6, 6.07) is 22.2. The molecule has 0 N–H and O–H groups in total. The number of benzene rings is 3. The Morgan fingerprint density at radius 3 is 1.90 bits per heavy atom. The zero-order valence-electron chi connectivity index (χ0n) is 18.0. The number of rotatable bonds is 4. The summed E-state index contributed by atoms with van der Waals surface area (Å²) in [4.78, 5) is 2.27. The van der Waals surface area contributed by atoms with Gasteiger partial charge in [0.25, 0.3) is 0 Å². The van der Waals surface area contributed by atoms with Crippen molar-refractivity contribution >= 4 is 12.4 Å². The molecule has 0 saturated heterocycles. The molecule has 158 valence electrons. The average Bonchev–Trinajstić information content (AvgIpc) is 2.74. The van der Waals surface area contributed by atoms with Crippen LogP contribution in [0.25, 0.3) is 22.3 Å². The lowest BCUT2D eigenvalue weighted by atomic mass is 9.75. The fraction of sp³-hybridized carbons (Fsp3) is 0.308. The lowest BCUT2D eigenvalue weighted by Crippen LogP contribution is -2.50. The monoisotopic (exact) mass is 425 g/mol. The topological polar surface area (TPSA) is 12.5 Å². The van der Waals surface area contributed by atoms with Gasteiger partial charge in [0.05, 0.1) is 0 Å². The number of hydrogen-bond donors (Lipinski definition) is 0. The Balaban J connectivity index is 0.00000256. The van der Waals surface area contributed by atoms with Crippen molar-refractivity contribution in [3.05, 3.63) is 83.7 Å². The van der Waals surface area contributed by atoms with E-state index >= 15 is 0 Å². The predicted molar refractivity (Wildman–Crippen MR) is 125 cm³/mol. The highest BCUT2D eigenvalue weighted by atomic mass is 35.5. The predicted octanol–water partition coefficient (Wildman–Crippen LogP) is 6.32. The number of halogens is 2. The normalized spacial score (nSPS) is 20.5. The Hall–Kier alpha value is -2.20. The van der Waals surface area contributed by atoms with E-state index < -0.39 is 0 Å². The summed E-state index contributed by atoms with van der Waals surface area (Å²) in [5, 5.41) is 0. The van der Waals surface area contributed by atoms with Crippen LogP contribution in [0.4, 0.5) is 4.39 Å². The molecule has 0 amide bonds. The Kier molecular flexibility index (Phi) is 6.66. The molecule has 3 aromatic carbocycles. The number of ether oxygens (including phenoxy) is 1. The molecular formula is C26H29ClFNO. The van der Waals surface area contributed by atoms with Gasteiger partial charge < -0.3 is 9.64 Å². The van der Waals surface area contributed by atoms with Crippen molar-refractivity contribution in [2.24, 2.45) is 0 Å². The Morgan fingerprint density at radius 2 is 1.37 bits per heavy atom. The maximum Gasteiger partial charge on any atom is 0.123 e. The highest BCUT2D eigenvalue weighted by molar-refractivity contribution is 5.85. The number of methoxy groups -OCH3 is 1. The molecule has 4 rings (SSSR count). The number of likely N-dealkylation sites (N-methyl/N-ethyl adjacent to an activating group) is 1. The Bertz CT molecular complexity index is 1000. The molecule has 1 aliphatic carbocycles. The summed E-state index contributed by atoms with van der Waals surface area (Å²) in [7, 11) is 6.07. The van der Waals surface area contributed by atoms with Crippen LogP contribution in [0.15, 0.2) is 66.7 Å². The van der Waals surface area contributed by atoms with Gasteiger partial charge in [-0.2, -0.15) is 0 Å². The van der Waals surface area contributed by atoms with E-state index in [1.165, 1.54) is 34.4 Å². The molecule has 0 heterocycles. The molecule has 30 heavy (non-hydrogen) atoms. The Morgan fingerprint density at radius 1 is 0.867 bits per heavy atom. The highest BCUT2D eigenvalue weighted by Crippen LogP contribution is 2.41. The first-order valence-electron chi connectivity index (χ1n) is 10.1. The van der Waals surface area contributed by atoms with Gasteiger partial charge >= 0.3 is 0 Å². The van der Waals surface area contributed by atoms with Gasteiger partial charge in [0.2, 0.25) is 0 Å². The average molecular weight is 426 g/mol. The van der Waals surface area contributed by atoms with Crippen molar-refractivity contribution in [3.8, 4) is 22.3 Å². The van der Waals surface area contributed by atoms with Gasteiger partial charge in [-0.25, -0.2) is 4.39 Å². The van der Waals surface area contributed by atoms with Gasteiger partial charge in [0, 0.05) is 13.2 Å². The van der Waals surface area contributed by atoms with Crippen molar-refractivity contribution in [2.75, 3.05) is 21.2 Å². The van der Waals surface area contributed by atoms with Crippen molar-refractivity contribution < 1.29 is 9.13 Å². The molecule has 0 aromatic heterocycles. The quantitative estimate of drug-likeness (QED) is 0.485. The molecule has 1 aliphatic rings.